The van der Waals surface area contributed by atoms with Gasteiger partial charge < -0.3 is 14.8 Å². The number of carbonyl (C=O) groups is 2. The first kappa shape index (κ1) is 25.2. The summed E-state index contributed by atoms with van der Waals surface area (Å²) in [5.41, 5.74) is -0.458. The van der Waals surface area contributed by atoms with Gasteiger partial charge in [-0.2, -0.15) is 0 Å². The Morgan fingerprint density at radius 2 is 1.85 bits per heavy atom. The van der Waals surface area contributed by atoms with Crippen LogP contribution < -0.4 is 19.7 Å². The number of sulfonamides is 1. The quantitative estimate of drug-likeness (QED) is 0.655. The van der Waals surface area contributed by atoms with Gasteiger partial charge in [0.1, 0.15) is 17.5 Å². The third-order valence-electron chi connectivity index (χ3n) is 4.59. The second kappa shape index (κ2) is 9.45. The summed E-state index contributed by atoms with van der Waals surface area (Å²) >= 11 is 0. The van der Waals surface area contributed by atoms with E-state index in [0.29, 0.717) is 6.07 Å². The van der Waals surface area contributed by atoms with Crippen LogP contribution in [0, 0.1) is 11.6 Å². The Labute approximate surface area is 196 Å². The maximum Gasteiger partial charge on any atom is 0.412 e. The number of hydrogen-bond donors (Lipinski definition) is 2. The predicted octanol–water partition coefficient (Wildman–Crippen LogP) is 3.40. The molecule has 0 bridgehead atoms. The number of halogens is 2. The van der Waals surface area contributed by atoms with Crippen molar-refractivity contribution in [3.05, 3.63) is 48.0 Å². The molecule has 1 atom stereocenters. The molecule has 1 aliphatic heterocycles. The van der Waals surface area contributed by atoms with Crippen molar-refractivity contribution in [1.82, 2.24) is 5.32 Å². The fourth-order valence-electron chi connectivity index (χ4n) is 3.17. The monoisotopic (exact) mass is 497 g/mol. The summed E-state index contributed by atoms with van der Waals surface area (Å²) < 4.78 is 66.0. The first-order valence-corrected chi connectivity index (χ1v) is 11.7. The SMILES string of the molecule is CC(=O)NCC1CN(S(=O)(=O)c2ccc(F)c(F)c2)c2cc(NC(=O)OC(C)(C)C)ccc2O1. The zero-order chi connectivity index (χ0) is 25.3. The molecule has 2 N–H and O–H groups in total. The van der Waals surface area contributed by atoms with Crippen molar-refractivity contribution in [2.75, 3.05) is 22.7 Å². The number of hydrogen-bond acceptors (Lipinski definition) is 6. The molecule has 0 fully saturated rings. The molecule has 1 aliphatic rings. The molecule has 1 unspecified atom stereocenters. The molecule has 2 aromatic rings. The standard InChI is InChI=1S/C22H25F2N3O6S/c1-13(28)25-11-15-12-27(34(30,31)16-6-7-17(23)18(24)10-16)19-9-14(5-8-20(19)32-15)26-21(29)33-22(2,3)4/h5-10,15H,11-12H2,1-4H3,(H,25,28)(H,26,29). The van der Waals surface area contributed by atoms with Crippen LogP contribution in [0.4, 0.5) is 25.0 Å². The van der Waals surface area contributed by atoms with Crippen LogP contribution in [0.5, 0.6) is 5.75 Å². The predicted molar refractivity (Wildman–Crippen MR) is 120 cm³/mol. The van der Waals surface area contributed by atoms with Crippen LogP contribution in [-0.4, -0.2) is 45.2 Å². The van der Waals surface area contributed by atoms with Gasteiger partial charge in [-0.05, 0) is 57.2 Å². The van der Waals surface area contributed by atoms with Gasteiger partial charge in [-0.25, -0.2) is 22.0 Å². The summed E-state index contributed by atoms with van der Waals surface area (Å²) in [5.74, 6) is -2.68. The molecule has 184 valence electrons. The molecular formula is C22H25F2N3O6S. The molecule has 0 saturated heterocycles. The lowest BCUT2D eigenvalue weighted by Crippen LogP contribution is -2.48. The number of anilines is 2. The van der Waals surface area contributed by atoms with Crippen LogP contribution in [0.2, 0.25) is 0 Å². The number of rotatable bonds is 5. The van der Waals surface area contributed by atoms with E-state index in [-0.39, 0.29) is 36.1 Å². The Hall–Kier alpha value is -3.41. The number of benzene rings is 2. The zero-order valence-electron chi connectivity index (χ0n) is 19.0. The molecule has 34 heavy (non-hydrogen) atoms. The van der Waals surface area contributed by atoms with Crippen LogP contribution in [0.1, 0.15) is 27.7 Å². The molecule has 0 aromatic heterocycles. The number of nitrogens with one attached hydrogen (secondary N) is 2. The van der Waals surface area contributed by atoms with Gasteiger partial charge in [0, 0.05) is 12.6 Å². The van der Waals surface area contributed by atoms with E-state index in [4.69, 9.17) is 9.47 Å². The summed E-state index contributed by atoms with van der Waals surface area (Å²) in [6.45, 7) is 6.16. The van der Waals surface area contributed by atoms with E-state index in [1.54, 1.807) is 20.8 Å². The van der Waals surface area contributed by atoms with Gasteiger partial charge in [0.25, 0.3) is 10.0 Å². The number of nitrogens with zero attached hydrogens (tertiary/aromatic N) is 1. The molecule has 12 heteroatoms. The first-order valence-electron chi connectivity index (χ1n) is 10.3. The van der Waals surface area contributed by atoms with Crippen molar-refractivity contribution in [2.24, 2.45) is 0 Å². The lowest BCUT2D eigenvalue weighted by atomic mass is 10.2. The van der Waals surface area contributed by atoms with Crippen molar-refractivity contribution < 1.29 is 36.3 Å². The van der Waals surface area contributed by atoms with Crippen molar-refractivity contribution in [2.45, 2.75) is 44.3 Å². The molecular weight excluding hydrogens is 472 g/mol. The Bertz CT molecular complexity index is 1210. The molecule has 2 amide bonds. The second-order valence-electron chi connectivity index (χ2n) is 8.60. The van der Waals surface area contributed by atoms with Crippen molar-refractivity contribution >= 4 is 33.4 Å². The van der Waals surface area contributed by atoms with E-state index in [0.717, 1.165) is 16.4 Å². The topological polar surface area (TPSA) is 114 Å². The van der Waals surface area contributed by atoms with Gasteiger partial charge >= 0.3 is 6.09 Å². The minimum absolute atomic E-state index is 0.0104. The fourth-order valence-corrected chi connectivity index (χ4v) is 4.68. The third-order valence-corrected chi connectivity index (χ3v) is 6.37. The Morgan fingerprint density at radius 3 is 2.47 bits per heavy atom. The summed E-state index contributed by atoms with van der Waals surface area (Å²) in [7, 11) is -4.37. The smallest absolute Gasteiger partial charge is 0.412 e. The van der Waals surface area contributed by atoms with Gasteiger partial charge in [-0.3, -0.25) is 14.4 Å². The highest BCUT2D eigenvalue weighted by Crippen LogP contribution is 2.39. The van der Waals surface area contributed by atoms with E-state index in [2.05, 4.69) is 10.6 Å². The lowest BCUT2D eigenvalue weighted by molar-refractivity contribution is -0.119. The average Bonchev–Trinajstić information content (AvgIpc) is 2.72. The van der Waals surface area contributed by atoms with E-state index in [1.807, 2.05) is 0 Å². The number of fused-ring (bicyclic) bond motifs is 1. The average molecular weight is 498 g/mol. The first-order chi connectivity index (χ1) is 15.8. The summed E-state index contributed by atoms with van der Waals surface area (Å²) in [5, 5.41) is 5.09. The van der Waals surface area contributed by atoms with Crippen LogP contribution in [0.3, 0.4) is 0 Å². The third kappa shape index (κ3) is 5.93. The van der Waals surface area contributed by atoms with Gasteiger partial charge in [-0.15, -0.1) is 0 Å². The molecule has 1 heterocycles. The molecule has 2 aromatic carbocycles. The summed E-state index contributed by atoms with van der Waals surface area (Å²) in [4.78, 5) is 23.0. The summed E-state index contributed by atoms with van der Waals surface area (Å²) in [6.07, 6.45) is -1.51. The maximum absolute atomic E-state index is 13.8. The lowest BCUT2D eigenvalue weighted by Gasteiger charge is -2.35. The number of amides is 2. The minimum Gasteiger partial charge on any atom is -0.484 e. The van der Waals surface area contributed by atoms with Gasteiger partial charge in [-0.1, -0.05) is 0 Å². The number of ether oxygens (including phenoxy) is 2. The Morgan fingerprint density at radius 1 is 1.15 bits per heavy atom. The van der Waals surface area contributed by atoms with Crippen LogP contribution in [-0.2, 0) is 19.6 Å². The van der Waals surface area contributed by atoms with Gasteiger partial charge in [0.05, 0.1) is 23.7 Å². The van der Waals surface area contributed by atoms with E-state index >= 15 is 0 Å². The molecule has 3 rings (SSSR count). The minimum atomic E-state index is -4.37. The highest BCUT2D eigenvalue weighted by atomic mass is 32.2. The highest BCUT2D eigenvalue weighted by Gasteiger charge is 2.35. The largest absolute Gasteiger partial charge is 0.484 e. The fraction of sp³-hybridized carbons (Fsp3) is 0.364. The second-order valence-corrected chi connectivity index (χ2v) is 10.5. The molecule has 0 spiro atoms. The molecule has 9 nitrogen and oxygen atoms in total. The normalized spacial score (nSPS) is 15.7. The van der Waals surface area contributed by atoms with Crippen LogP contribution >= 0.6 is 0 Å². The molecule has 0 aliphatic carbocycles. The Kier molecular flexibility index (Phi) is 7.01. The van der Waals surface area contributed by atoms with Crippen LogP contribution in [0.25, 0.3) is 0 Å². The molecule has 0 saturated carbocycles. The maximum atomic E-state index is 13.8. The summed E-state index contributed by atoms with van der Waals surface area (Å²) in [6, 6.07) is 6.58. The van der Waals surface area contributed by atoms with Gasteiger partial charge in [0.2, 0.25) is 5.91 Å². The zero-order valence-corrected chi connectivity index (χ0v) is 19.8. The Balaban J connectivity index is 2.00. The van der Waals surface area contributed by atoms with E-state index < -0.39 is 44.4 Å². The molecule has 0 radical (unpaired) electrons. The number of carbonyl (C=O) groups excluding carboxylic acids is 2. The van der Waals surface area contributed by atoms with E-state index in [1.165, 1.54) is 25.1 Å². The van der Waals surface area contributed by atoms with Gasteiger partial charge in [0.15, 0.2) is 11.6 Å². The van der Waals surface area contributed by atoms with Crippen molar-refractivity contribution in [3.8, 4) is 5.75 Å². The van der Waals surface area contributed by atoms with Crippen molar-refractivity contribution in [1.29, 1.82) is 0 Å². The van der Waals surface area contributed by atoms with Crippen LogP contribution in [0.15, 0.2) is 41.3 Å². The highest BCUT2D eigenvalue weighted by molar-refractivity contribution is 7.92. The van der Waals surface area contributed by atoms with Crippen molar-refractivity contribution in [3.63, 3.8) is 0 Å². The van der Waals surface area contributed by atoms with E-state index in [9.17, 15) is 26.8 Å².